The summed E-state index contributed by atoms with van der Waals surface area (Å²) in [6, 6.07) is 29.1. The minimum Gasteiger partial charge on any atom is -0.354 e. The minimum absolute atomic E-state index is 0.0537. The smallest absolute Gasteiger partial charge is 0.264 e. The largest absolute Gasteiger partial charge is 0.354 e. The van der Waals surface area contributed by atoms with Crippen molar-refractivity contribution < 1.29 is 18.0 Å². The second-order valence-corrected chi connectivity index (χ2v) is 13.9. The predicted octanol–water partition coefficient (Wildman–Crippen LogP) is 6.56. The molecule has 7 nitrogen and oxygen atoms in total. The van der Waals surface area contributed by atoms with Gasteiger partial charge in [-0.2, -0.15) is 0 Å². The number of nitrogens with zero attached hydrogens (tertiary/aromatic N) is 2. The molecular formula is C36H40ClN3O4S. The first kappa shape index (κ1) is 33.7. The van der Waals surface area contributed by atoms with Crippen molar-refractivity contribution in [1.82, 2.24) is 10.2 Å². The highest BCUT2D eigenvalue weighted by Gasteiger charge is 2.35. The summed E-state index contributed by atoms with van der Waals surface area (Å²) in [5, 5.41) is 3.49. The summed E-state index contributed by atoms with van der Waals surface area (Å²) in [7, 11) is -4.16. The Bertz CT molecular complexity index is 1710. The Hall–Kier alpha value is -4.14. The average molecular weight is 646 g/mol. The van der Waals surface area contributed by atoms with Crippen LogP contribution in [-0.2, 0) is 32.6 Å². The Morgan fingerprint density at radius 1 is 0.822 bits per heavy atom. The molecule has 0 unspecified atom stereocenters. The number of anilines is 1. The summed E-state index contributed by atoms with van der Waals surface area (Å²) in [6.07, 6.45) is 0.242. The van der Waals surface area contributed by atoms with E-state index in [-0.39, 0.29) is 29.7 Å². The SMILES string of the molecule is Cc1ccc(N(CC(=O)N(Cc2cccc(Cl)c2)[C@@H](Cc2ccccc2)C(=O)NCC(C)C)S(=O)(=O)c2ccccc2)c(C)c1. The van der Waals surface area contributed by atoms with E-state index >= 15 is 0 Å². The Morgan fingerprint density at radius 3 is 2.09 bits per heavy atom. The summed E-state index contributed by atoms with van der Waals surface area (Å²) >= 11 is 6.32. The van der Waals surface area contributed by atoms with Gasteiger partial charge in [-0.05, 0) is 66.8 Å². The van der Waals surface area contributed by atoms with Crippen molar-refractivity contribution in [3.63, 3.8) is 0 Å². The topological polar surface area (TPSA) is 86.8 Å². The molecule has 0 aliphatic rings. The van der Waals surface area contributed by atoms with Gasteiger partial charge in [0.15, 0.2) is 0 Å². The molecule has 0 bridgehead atoms. The molecule has 4 rings (SSSR count). The number of amides is 2. The van der Waals surface area contributed by atoms with Gasteiger partial charge in [0.2, 0.25) is 11.8 Å². The molecule has 4 aromatic carbocycles. The summed E-state index contributed by atoms with van der Waals surface area (Å²) in [4.78, 5) is 30.0. The van der Waals surface area contributed by atoms with E-state index in [0.29, 0.717) is 22.8 Å². The molecule has 236 valence electrons. The summed E-state index contributed by atoms with van der Waals surface area (Å²) in [6.45, 7) is 7.72. The van der Waals surface area contributed by atoms with Crippen LogP contribution in [0.3, 0.4) is 0 Å². The van der Waals surface area contributed by atoms with E-state index in [4.69, 9.17) is 11.6 Å². The van der Waals surface area contributed by atoms with E-state index in [1.807, 2.05) is 76.2 Å². The van der Waals surface area contributed by atoms with Gasteiger partial charge in [-0.15, -0.1) is 0 Å². The standard InChI is InChI=1S/C36H40ClN3O4S/c1-26(2)23-38-36(42)34(22-29-12-7-5-8-13-29)39(24-30-14-11-15-31(37)21-30)35(41)25-40(33-19-18-27(3)20-28(33)4)45(43,44)32-16-9-6-10-17-32/h5-21,26,34H,22-25H2,1-4H3,(H,38,42)/t34-/m0/s1. The normalized spacial score (nSPS) is 12.0. The van der Waals surface area contributed by atoms with Gasteiger partial charge in [-0.1, -0.05) is 104 Å². The molecule has 0 aromatic heterocycles. The molecule has 1 N–H and O–H groups in total. The van der Waals surface area contributed by atoms with Crippen molar-refractivity contribution in [1.29, 1.82) is 0 Å². The molecule has 45 heavy (non-hydrogen) atoms. The van der Waals surface area contributed by atoms with Crippen LogP contribution in [0.25, 0.3) is 0 Å². The Balaban J connectivity index is 1.82. The third-order valence-corrected chi connectivity index (χ3v) is 9.44. The highest BCUT2D eigenvalue weighted by molar-refractivity contribution is 7.92. The van der Waals surface area contributed by atoms with Crippen molar-refractivity contribution in [3.8, 4) is 0 Å². The van der Waals surface area contributed by atoms with Crippen LogP contribution in [0.5, 0.6) is 0 Å². The van der Waals surface area contributed by atoms with Gasteiger partial charge < -0.3 is 10.2 Å². The number of sulfonamides is 1. The quantitative estimate of drug-likeness (QED) is 0.178. The van der Waals surface area contributed by atoms with Crippen LogP contribution in [0.4, 0.5) is 5.69 Å². The van der Waals surface area contributed by atoms with Crippen LogP contribution in [-0.4, -0.2) is 44.3 Å². The Kier molecular flexibility index (Phi) is 11.4. The van der Waals surface area contributed by atoms with Crippen LogP contribution in [0.15, 0.2) is 108 Å². The van der Waals surface area contributed by atoms with Gasteiger partial charge in [-0.3, -0.25) is 13.9 Å². The Morgan fingerprint density at radius 2 is 1.47 bits per heavy atom. The van der Waals surface area contributed by atoms with E-state index in [2.05, 4.69) is 5.32 Å². The van der Waals surface area contributed by atoms with Crippen molar-refractivity contribution in [2.24, 2.45) is 5.92 Å². The number of rotatable bonds is 13. The molecule has 0 heterocycles. The molecule has 0 saturated carbocycles. The second kappa shape index (κ2) is 15.2. The van der Waals surface area contributed by atoms with Gasteiger partial charge in [0, 0.05) is 24.5 Å². The third kappa shape index (κ3) is 8.96. The first-order valence-electron chi connectivity index (χ1n) is 15.0. The fourth-order valence-corrected chi connectivity index (χ4v) is 6.84. The number of nitrogens with one attached hydrogen (secondary N) is 1. The molecule has 0 saturated heterocycles. The van der Waals surface area contributed by atoms with Crippen molar-refractivity contribution in [2.45, 2.75) is 51.6 Å². The number of aryl methyl sites for hydroxylation is 2. The Labute approximate surface area is 271 Å². The third-order valence-electron chi connectivity index (χ3n) is 7.43. The van der Waals surface area contributed by atoms with Gasteiger partial charge in [-0.25, -0.2) is 8.42 Å². The molecule has 2 amide bonds. The van der Waals surface area contributed by atoms with Crippen LogP contribution in [0.2, 0.25) is 5.02 Å². The molecule has 0 radical (unpaired) electrons. The van der Waals surface area contributed by atoms with E-state index < -0.39 is 28.5 Å². The van der Waals surface area contributed by atoms with Gasteiger partial charge in [0.05, 0.1) is 10.6 Å². The van der Waals surface area contributed by atoms with E-state index in [9.17, 15) is 18.0 Å². The lowest BCUT2D eigenvalue weighted by molar-refractivity contribution is -0.140. The zero-order valence-corrected chi connectivity index (χ0v) is 27.7. The van der Waals surface area contributed by atoms with Crippen LogP contribution < -0.4 is 9.62 Å². The molecule has 1 atom stereocenters. The van der Waals surface area contributed by atoms with E-state index in [1.165, 1.54) is 17.0 Å². The molecule has 0 aliphatic carbocycles. The van der Waals surface area contributed by atoms with E-state index in [1.54, 1.807) is 42.5 Å². The second-order valence-electron chi connectivity index (χ2n) is 11.6. The summed E-state index contributed by atoms with van der Waals surface area (Å²) in [5.41, 5.74) is 3.65. The molecular weight excluding hydrogens is 606 g/mol. The van der Waals surface area contributed by atoms with Crippen molar-refractivity contribution in [3.05, 3.63) is 130 Å². The van der Waals surface area contributed by atoms with Crippen LogP contribution in [0.1, 0.15) is 36.1 Å². The first-order chi connectivity index (χ1) is 21.5. The fourth-order valence-electron chi connectivity index (χ4n) is 5.13. The van der Waals surface area contributed by atoms with Crippen molar-refractivity contribution >= 4 is 39.1 Å². The lowest BCUT2D eigenvalue weighted by Gasteiger charge is -2.34. The zero-order chi connectivity index (χ0) is 32.6. The molecule has 0 fully saturated rings. The van der Waals surface area contributed by atoms with E-state index in [0.717, 1.165) is 21.0 Å². The monoisotopic (exact) mass is 645 g/mol. The number of hydrogen-bond acceptors (Lipinski definition) is 4. The van der Waals surface area contributed by atoms with Crippen LogP contribution >= 0.6 is 11.6 Å². The highest BCUT2D eigenvalue weighted by atomic mass is 35.5. The lowest BCUT2D eigenvalue weighted by Crippen LogP contribution is -2.53. The number of hydrogen-bond donors (Lipinski definition) is 1. The van der Waals surface area contributed by atoms with Gasteiger partial charge >= 0.3 is 0 Å². The summed E-state index contributed by atoms with van der Waals surface area (Å²) in [5.74, 6) is -0.638. The number of carbonyl (C=O) groups excluding carboxylic acids is 2. The summed E-state index contributed by atoms with van der Waals surface area (Å²) < 4.78 is 29.5. The van der Waals surface area contributed by atoms with Crippen LogP contribution in [0, 0.1) is 19.8 Å². The maximum Gasteiger partial charge on any atom is 0.264 e. The molecule has 4 aromatic rings. The number of benzene rings is 4. The fraction of sp³-hybridized carbons (Fsp3) is 0.278. The maximum absolute atomic E-state index is 14.6. The molecule has 0 aliphatic heterocycles. The van der Waals surface area contributed by atoms with Gasteiger partial charge in [0.1, 0.15) is 12.6 Å². The first-order valence-corrected chi connectivity index (χ1v) is 16.8. The number of halogens is 1. The molecule has 0 spiro atoms. The minimum atomic E-state index is -4.16. The maximum atomic E-state index is 14.6. The number of carbonyl (C=O) groups is 2. The highest BCUT2D eigenvalue weighted by Crippen LogP contribution is 2.28. The predicted molar refractivity (Wildman–Crippen MR) is 181 cm³/mol. The van der Waals surface area contributed by atoms with Gasteiger partial charge in [0.25, 0.3) is 10.0 Å². The van der Waals surface area contributed by atoms with Crippen molar-refractivity contribution in [2.75, 3.05) is 17.4 Å². The molecule has 9 heteroatoms. The lowest BCUT2D eigenvalue weighted by atomic mass is 10.0. The average Bonchev–Trinajstić information content (AvgIpc) is 3.01. The zero-order valence-electron chi connectivity index (χ0n) is 26.1.